The first-order chi connectivity index (χ1) is 18.1. The molecule has 1 heterocycles. The molecule has 0 spiro atoms. The number of carbonyl (C=O) groups is 2. The Balaban J connectivity index is 1.84. The van der Waals surface area contributed by atoms with Crippen molar-refractivity contribution >= 4 is 23.3 Å². The van der Waals surface area contributed by atoms with E-state index in [0.29, 0.717) is 11.3 Å². The molecule has 0 radical (unpaired) electrons. The molecule has 0 fully saturated rings. The highest BCUT2D eigenvalue weighted by molar-refractivity contribution is 6.02. The van der Waals surface area contributed by atoms with E-state index in [1.165, 1.54) is 21.9 Å². The fourth-order valence-electron chi connectivity index (χ4n) is 4.52. The van der Waals surface area contributed by atoms with Crippen LogP contribution in [0, 0.1) is 11.3 Å². The lowest BCUT2D eigenvalue weighted by Crippen LogP contribution is -2.48. The van der Waals surface area contributed by atoms with Crippen molar-refractivity contribution in [1.82, 2.24) is 4.90 Å². The van der Waals surface area contributed by atoms with Crippen molar-refractivity contribution in [3.8, 4) is 17.2 Å². The first-order valence-corrected chi connectivity index (χ1v) is 11.9. The molecule has 0 saturated heterocycles. The summed E-state index contributed by atoms with van der Waals surface area (Å²) in [7, 11) is 0. The standard InChI is InChI=1S/C29H24F3N3O3/c1-19-26(25-9-3-2-8-24(25)21-13-11-20(17-33)12-14-21)18-34(15-5-10-27(36)37)28(38)35(19)23-7-4-6-22(16-23)29(30,31)32/h2-4,6-9,11-14,16H,5,10,15,18H2,1H3,(H,36,37). The third kappa shape index (κ3) is 5.54. The van der Waals surface area contributed by atoms with Crippen LogP contribution in [0.15, 0.2) is 78.5 Å². The second-order valence-electron chi connectivity index (χ2n) is 8.88. The quantitative estimate of drug-likeness (QED) is 0.373. The molecule has 0 aromatic heterocycles. The Hall–Kier alpha value is -4.58. The number of amides is 2. The maximum absolute atomic E-state index is 13.5. The van der Waals surface area contributed by atoms with Crippen molar-refractivity contribution in [1.29, 1.82) is 5.26 Å². The van der Waals surface area contributed by atoms with Crippen LogP contribution < -0.4 is 4.90 Å². The number of urea groups is 1. The molecule has 0 saturated carbocycles. The summed E-state index contributed by atoms with van der Waals surface area (Å²) in [6.07, 6.45) is -4.53. The van der Waals surface area contributed by atoms with Crippen molar-refractivity contribution in [2.75, 3.05) is 18.0 Å². The van der Waals surface area contributed by atoms with E-state index in [9.17, 15) is 22.8 Å². The number of carboxylic acid groups (broad SMARTS) is 1. The van der Waals surface area contributed by atoms with Gasteiger partial charge in [0.1, 0.15) is 0 Å². The van der Waals surface area contributed by atoms with Crippen molar-refractivity contribution in [2.45, 2.75) is 25.9 Å². The van der Waals surface area contributed by atoms with Crippen LogP contribution >= 0.6 is 0 Å². The Morgan fingerprint density at radius 2 is 1.71 bits per heavy atom. The summed E-state index contributed by atoms with van der Waals surface area (Å²) >= 11 is 0. The number of hydrogen-bond acceptors (Lipinski definition) is 3. The Bertz CT molecular complexity index is 1440. The molecule has 0 bridgehead atoms. The molecule has 0 unspecified atom stereocenters. The minimum absolute atomic E-state index is 0.0682. The molecule has 1 aliphatic heterocycles. The number of halogens is 3. The summed E-state index contributed by atoms with van der Waals surface area (Å²) in [5.41, 5.74) is 3.33. The third-order valence-corrected chi connectivity index (χ3v) is 6.41. The highest BCUT2D eigenvalue weighted by atomic mass is 19.4. The molecule has 3 aromatic carbocycles. The van der Waals surface area contributed by atoms with Gasteiger partial charge in [-0.15, -0.1) is 0 Å². The Morgan fingerprint density at radius 3 is 2.34 bits per heavy atom. The van der Waals surface area contributed by atoms with Crippen LogP contribution in [-0.2, 0) is 11.0 Å². The molecule has 6 nitrogen and oxygen atoms in total. The summed E-state index contributed by atoms with van der Waals surface area (Å²) in [6, 6.07) is 20.7. The zero-order valence-electron chi connectivity index (χ0n) is 20.5. The van der Waals surface area contributed by atoms with E-state index in [4.69, 9.17) is 10.4 Å². The molecule has 4 rings (SSSR count). The number of carboxylic acids is 1. The molecule has 1 aliphatic rings. The van der Waals surface area contributed by atoms with Gasteiger partial charge in [0.05, 0.1) is 22.9 Å². The monoisotopic (exact) mass is 519 g/mol. The number of nitriles is 1. The lowest BCUT2D eigenvalue weighted by molar-refractivity contribution is -0.138. The predicted molar refractivity (Wildman–Crippen MR) is 137 cm³/mol. The Labute approximate surface area is 217 Å². The first kappa shape index (κ1) is 26.5. The number of benzene rings is 3. The SMILES string of the molecule is CC1=C(c2ccccc2-c2ccc(C#N)cc2)CN(CCCC(=O)O)C(=O)N1c1cccc(C(F)(F)F)c1. The van der Waals surface area contributed by atoms with Gasteiger partial charge in [0.25, 0.3) is 0 Å². The molecular weight excluding hydrogens is 495 g/mol. The summed E-state index contributed by atoms with van der Waals surface area (Å²) in [4.78, 5) is 27.3. The lowest BCUT2D eigenvalue weighted by atomic mass is 9.91. The molecule has 0 aliphatic carbocycles. The van der Waals surface area contributed by atoms with Crippen molar-refractivity contribution in [3.63, 3.8) is 0 Å². The maximum Gasteiger partial charge on any atom is 0.416 e. The van der Waals surface area contributed by atoms with Gasteiger partial charge in [0.2, 0.25) is 0 Å². The second-order valence-corrected chi connectivity index (χ2v) is 8.88. The van der Waals surface area contributed by atoms with Crippen molar-refractivity contribution < 1.29 is 27.9 Å². The number of aliphatic carboxylic acids is 1. The minimum Gasteiger partial charge on any atom is -0.481 e. The highest BCUT2D eigenvalue weighted by Gasteiger charge is 2.35. The average Bonchev–Trinajstić information content (AvgIpc) is 2.90. The summed E-state index contributed by atoms with van der Waals surface area (Å²) in [6.45, 7) is 1.97. The summed E-state index contributed by atoms with van der Waals surface area (Å²) < 4.78 is 40.4. The van der Waals surface area contributed by atoms with E-state index < -0.39 is 23.7 Å². The molecule has 194 valence electrons. The Morgan fingerprint density at radius 1 is 1.03 bits per heavy atom. The number of anilines is 1. The van der Waals surface area contributed by atoms with Gasteiger partial charge in [-0.3, -0.25) is 9.69 Å². The largest absolute Gasteiger partial charge is 0.481 e. The number of alkyl halides is 3. The smallest absolute Gasteiger partial charge is 0.416 e. The Kier molecular flexibility index (Phi) is 7.53. The van der Waals surface area contributed by atoms with Crippen LogP contribution in [0.4, 0.5) is 23.7 Å². The predicted octanol–water partition coefficient (Wildman–Crippen LogP) is 6.78. The fraction of sp³-hybridized carbons (Fsp3) is 0.207. The van der Waals surface area contributed by atoms with Gasteiger partial charge < -0.3 is 10.0 Å². The zero-order valence-corrected chi connectivity index (χ0v) is 20.5. The third-order valence-electron chi connectivity index (χ3n) is 6.41. The normalized spacial score (nSPS) is 14.0. The van der Waals surface area contributed by atoms with Gasteiger partial charge in [-0.25, -0.2) is 4.79 Å². The van der Waals surface area contributed by atoms with E-state index in [2.05, 4.69) is 6.07 Å². The van der Waals surface area contributed by atoms with Gasteiger partial charge in [-0.2, -0.15) is 18.4 Å². The first-order valence-electron chi connectivity index (χ1n) is 11.9. The van der Waals surface area contributed by atoms with Gasteiger partial charge in [-0.1, -0.05) is 42.5 Å². The minimum atomic E-state index is -4.58. The average molecular weight is 520 g/mol. The van der Waals surface area contributed by atoms with E-state index in [-0.39, 0.29) is 31.6 Å². The van der Waals surface area contributed by atoms with Crippen LogP contribution in [0.5, 0.6) is 0 Å². The zero-order chi connectivity index (χ0) is 27.4. The van der Waals surface area contributed by atoms with Gasteiger partial charge in [0.15, 0.2) is 0 Å². The number of carbonyl (C=O) groups excluding carboxylic acids is 1. The molecule has 9 heteroatoms. The lowest BCUT2D eigenvalue weighted by Gasteiger charge is -2.38. The van der Waals surface area contributed by atoms with E-state index in [1.807, 2.05) is 36.4 Å². The number of hydrogen-bond donors (Lipinski definition) is 1. The van der Waals surface area contributed by atoms with Crippen LogP contribution in [0.1, 0.15) is 36.5 Å². The fourth-order valence-corrected chi connectivity index (χ4v) is 4.52. The van der Waals surface area contributed by atoms with Crippen LogP contribution in [0.3, 0.4) is 0 Å². The summed E-state index contributed by atoms with van der Waals surface area (Å²) in [5, 5.41) is 18.2. The number of allylic oxidation sites excluding steroid dienone is 1. The summed E-state index contributed by atoms with van der Waals surface area (Å²) in [5.74, 6) is -0.998. The molecule has 1 N–H and O–H groups in total. The van der Waals surface area contributed by atoms with Gasteiger partial charge in [0, 0.05) is 25.2 Å². The molecule has 3 aromatic rings. The second kappa shape index (κ2) is 10.8. The molecule has 0 atom stereocenters. The maximum atomic E-state index is 13.5. The van der Waals surface area contributed by atoms with Crippen molar-refractivity contribution in [3.05, 3.63) is 95.2 Å². The number of nitrogens with zero attached hydrogens (tertiary/aromatic N) is 3. The van der Waals surface area contributed by atoms with E-state index >= 15 is 0 Å². The van der Waals surface area contributed by atoms with Crippen LogP contribution in [-0.4, -0.2) is 35.1 Å². The van der Waals surface area contributed by atoms with Crippen LogP contribution in [0.25, 0.3) is 16.7 Å². The van der Waals surface area contributed by atoms with E-state index in [1.54, 1.807) is 19.1 Å². The topological polar surface area (TPSA) is 84.6 Å². The highest BCUT2D eigenvalue weighted by Crippen LogP contribution is 2.38. The number of rotatable bonds is 7. The van der Waals surface area contributed by atoms with Gasteiger partial charge in [-0.05, 0) is 65.9 Å². The van der Waals surface area contributed by atoms with Gasteiger partial charge >= 0.3 is 18.2 Å². The van der Waals surface area contributed by atoms with Crippen LogP contribution in [0.2, 0.25) is 0 Å². The van der Waals surface area contributed by atoms with Crippen molar-refractivity contribution in [2.24, 2.45) is 0 Å². The molecular formula is C29H24F3N3O3. The van der Waals surface area contributed by atoms with E-state index in [0.717, 1.165) is 34.4 Å². The molecule has 2 amide bonds. The molecule has 38 heavy (non-hydrogen) atoms.